The van der Waals surface area contributed by atoms with Crippen molar-refractivity contribution in [3.05, 3.63) is 66.0 Å². The molecule has 0 radical (unpaired) electrons. The first-order valence-electron chi connectivity index (χ1n) is 9.64. The minimum Gasteiger partial charge on any atom is -0.349 e. The van der Waals surface area contributed by atoms with Crippen molar-refractivity contribution in [2.24, 2.45) is 18.0 Å². The van der Waals surface area contributed by atoms with Gasteiger partial charge in [0.25, 0.3) is 0 Å². The molecule has 6 heteroatoms. The highest BCUT2D eigenvalue weighted by atomic mass is 127. The van der Waals surface area contributed by atoms with Crippen LogP contribution in [0.5, 0.6) is 0 Å². The number of imidazole rings is 1. The predicted octanol–water partition coefficient (Wildman–Crippen LogP) is 3.83. The second-order valence-electron chi connectivity index (χ2n) is 7.27. The first-order chi connectivity index (χ1) is 13.2. The molecule has 0 amide bonds. The molecule has 1 N–H and O–H groups in total. The molecule has 5 nitrogen and oxygen atoms in total. The van der Waals surface area contributed by atoms with Crippen LogP contribution in [0, 0.1) is 5.92 Å². The molecule has 1 atom stereocenters. The fourth-order valence-electron chi connectivity index (χ4n) is 3.98. The first kappa shape index (κ1) is 20.6. The number of aliphatic imine (C=N–C) groups is 1. The van der Waals surface area contributed by atoms with Gasteiger partial charge in [-0.2, -0.15) is 0 Å². The van der Waals surface area contributed by atoms with Gasteiger partial charge in [-0.3, -0.25) is 4.99 Å². The van der Waals surface area contributed by atoms with Gasteiger partial charge in [0, 0.05) is 27.2 Å². The minimum absolute atomic E-state index is 0. The smallest absolute Gasteiger partial charge is 0.194 e. The molecule has 0 spiro atoms. The standard InChI is InChI=1S/C22H27N5.HI/c1-23-22(24-15-21-25-19-10-6-7-11-20(19)26(21)2)27-13-12-18(16-27)14-17-8-4-3-5-9-17;/h3-11,18H,12-16H2,1-2H3,(H,23,24);1H. The third kappa shape index (κ3) is 4.48. The summed E-state index contributed by atoms with van der Waals surface area (Å²) in [6.07, 6.45) is 2.35. The highest BCUT2D eigenvalue weighted by Gasteiger charge is 2.25. The Balaban J connectivity index is 0.00000225. The zero-order chi connectivity index (χ0) is 18.6. The van der Waals surface area contributed by atoms with E-state index in [2.05, 4.69) is 75.4 Å². The Morgan fingerprint density at radius 3 is 2.64 bits per heavy atom. The number of hydrogen-bond donors (Lipinski definition) is 1. The fraction of sp³-hybridized carbons (Fsp3) is 0.364. The molecule has 28 heavy (non-hydrogen) atoms. The second kappa shape index (κ2) is 9.41. The Hall–Kier alpha value is -2.09. The van der Waals surface area contributed by atoms with Crippen LogP contribution in [0.15, 0.2) is 59.6 Å². The monoisotopic (exact) mass is 489 g/mol. The first-order valence-corrected chi connectivity index (χ1v) is 9.64. The number of rotatable bonds is 4. The Kier molecular flexibility index (Phi) is 6.93. The maximum atomic E-state index is 4.74. The number of guanidine groups is 1. The average Bonchev–Trinajstić information content (AvgIpc) is 3.28. The summed E-state index contributed by atoms with van der Waals surface area (Å²) in [5, 5.41) is 3.51. The van der Waals surface area contributed by atoms with Crippen molar-refractivity contribution < 1.29 is 0 Å². The van der Waals surface area contributed by atoms with Crippen molar-refractivity contribution in [3.8, 4) is 0 Å². The summed E-state index contributed by atoms with van der Waals surface area (Å²) in [6.45, 7) is 2.79. The van der Waals surface area contributed by atoms with Gasteiger partial charge in [0.1, 0.15) is 5.82 Å². The zero-order valence-corrected chi connectivity index (χ0v) is 18.8. The second-order valence-corrected chi connectivity index (χ2v) is 7.27. The summed E-state index contributed by atoms with van der Waals surface area (Å²) >= 11 is 0. The van der Waals surface area contributed by atoms with Crippen molar-refractivity contribution in [2.75, 3.05) is 20.1 Å². The van der Waals surface area contributed by atoms with Gasteiger partial charge in [-0.05, 0) is 36.5 Å². The quantitative estimate of drug-likeness (QED) is 0.344. The van der Waals surface area contributed by atoms with Crippen LogP contribution in [0.25, 0.3) is 11.0 Å². The van der Waals surface area contributed by atoms with Crippen LogP contribution in [-0.4, -0.2) is 40.5 Å². The fourth-order valence-corrected chi connectivity index (χ4v) is 3.98. The van der Waals surface area contributed by atoms with Crippen LogP contribution < -0.4 is 5.32 Å². The van der Waals surface area contributed by atoms with Gasteiger partial charge >= 0.3 is 0 Å². The van der Waals surface area contributed by atoms with Gasteiger partial charge in [-0.1, -0.05) is 42.5 Å². The summed E-state index contributed by atoms with van der Waals surface area (Å²) in [5.41, 5.74) is 3.62. The third-order valence-electron chi connectivity index (χ3n) is 5.45. The molecule has 0 saturated carbocycles. The number of aromatic nitrogens is 2. The SMILES string of the molecule is CN=C(NCc1nc2ccccc2n1C)N1CCC(Cc2ccccc2)C1.I. The highest BCUT2D eigenvalue weighted by Crippen LogP contribution is 2.21. The van der Waals surface area contributed by atoms with E-state index >= 15 is 0 Å². The predicted molar refractivity (Wildman–Crippen MR) is 126 cm³/mol. The summed E-state index contributed by atoms with van der Waals surface area (Å²) in [7, 11) is 3.93. The normalized spacial score (nSPS) is 17.0. The number of fused-ring (bicyclic) bond motifs is 1. The molecule has 1 aliphatic heterocycles. The lowest BCUT2D eigenvalue weighted by atomic mass is 9.99. The molecule has 1 aliphatic rings. The van der Waals surface area contributed by atoms with Crippen LogP contribution in [0.2, 0.25) is 0 Å². The Bertz CT molecular complexity index is 935. The lowest BCUT2D eigenvalue weighted by Crippen LogP contribution is -2.40. The van der Waals surface area contributed by atoms with Gasteiger partial charge < -0.3 is 14.8 Å². The molecular weight excluding hydrogens is 461 g/mol. The van der Waals surface area contributed by atoms with E-state index in [-0.39, 0.29) is 24.0 Å². The Labute approximate surface area is 183 Å². The average molecular weight is 489 g/mol. The van der Waals surface area contributed by atoms with Gasteiger partial charge in [0.2, 0.25) is 0 Å². The number of halogens is 1. The van der Waals surface area contributed by atoms with Crippen LogP contribution in [-0.2, 0) is 20.0 Å². The lowest BCUT2D eigenvalue weighted by molar-refractivity contribution is 0.458. The summed E-state index contributed by atoms with van der Waals surface area (Å²) in [6, 6.07) is 19.0. The molecule has 2 aromatic carbocycles. The number of benzene rings is 2. The van der Waals surface area contributed by atoms with Crippen LogP contribution >= 0.6 is 24.0 Å². The van der Waals surface area contributed by atoms with E-state index < -0.39 is 0 Å². The molecule has 4 rings (SSSR count). The lowest BCUT2D eigenvalue weighted by Gasteiger charge is -2.21. The maximum absolute atomic E-state index is 4.74. The number of nitrogens with zero attached hydrogens (tertiary/aromatic N) is 4. The summed E-state index contributed by atoms with van der Waals surface area (Å²) in [5.74, 6) is 2.68. The topological polar surface area (TPSA) is 45.5 Å². The van der Waals surface area contributed by atoms with Crippen molar-refractivity contribution in [3.63, 3.8) is 0 Å². The number of likely N-dealkylation sites (tertiary alicyclic amines) is 1. The number of hydrogen-bond acceptors (Lipinski definition) is 2. The van der Waals surface area contributed by atoms with Gasteiger partial charge in [-0.25, -0.2) is 4.98 Å². The molecule has 1 fully saturated rings. The van der Waals surface area contributed by atoms with E-state index in [9.17, 15) is 0 Å². The molecule has 1 unspecified atom stereocenters. The molecule has 0 aliphatic carbocycles. The van der Waals surface area contributed by atoms with Crippen molar-refractivity contribution in [2.45, 2.75) is 19.4 Å². The largest absolute Gasteiger partial charge is 0.349 e. The van der Waals surface area contributed by atoms with Gasteiger partial charge in [-0.15, -0.1) is 24.0 Å². The highest BCUT2D eigenvalue weighted by molar-refractivity contribution is 14.0. The molecule has 1 aromatic heterocycles. The molecule has 0 bridgehead atoms. The number of nitrogens with one attached hydrogen (secondary N) is 1. The number of para-hydroxylation sites is 2. The molecular formula is C22H28IN5. The van der Waals surface area contributed by atoms with Crippen LogP contribution in [0.4, 0.5) is 0 Å². The third-order valence-corrected chi connectivity index (χ3v) is 5.45. The zero-order valence-electron chi connectivity index (χ0n) is 16.5. The molecule has 2 heterocycles. The molecule has 1 saturated heterocycles. The molecule has 148 valence electrons. The van der Waals surface area contributed by atoms with Crippen LogP contribution in [0.3, 0.4) is 0 Å². The maximum Gasteiger partial charge on any atom is 0.194 e. The van der Waals surface area contributed by atoms with Crippen LogP contribution in [0.1, 0.15) is 17.8 Å². The van der Waals surface area contributed by atoms with Gasteiger partial charge in [0.15, 0.2) is 5.96 Å². The van der Waals surface area contributed by atoms with Crippen molar-refractivity contribution >= 4 is 41.0 Å². The summed E-state index contributed by atoms with van der Waals surface area (Å²) < 4.78 is 2.15. The van der Waals surface area contributed by atoms with Crippen molar-refractivity contribution in [1.82, 2.24) is 19.8 Å². The van der Waals surface area contributed by atoms with E-state index in [1.165, 1.54) is 12.0 Å². The minimum atomic E-state index is 0. The van der Waals surface area contributed by atoms with E-state index in [0.29, 0.717) is 12.5 Å². The van der Waals surface area contributed by atoms with Gasteiger partial charge in [0.05, 0.1) is 17.6 Å². The summed E-state index contributed by atoms with van der Waals surface area (Å²) in [4.78, 5) is 11.6. The van der Waals surface area contributed by atoms with E-state index in [4.69, 9.17) is 4.98 Å². The Morgan fingerprint density at radius 2 is 1.89 bits per heavy atom. The number of aryl methyl sites for hydroxylation is 1. The Morgan fingerprint density at radius 1 is 1.14 bits per heavy atom. The van der Waals surface area contributed by atoms with E-state index in [1.807, 2.05) is 13.1 Å². The van der Waals surface area contributed by atoms with Crippen molar-refractivity contribution in [1.29, 1.82) is 0 Å². The van der Waals surface area contributed by atoms with E-state index in [0.717, 1.165) is 42.3 Å². The molecule has 3 aromatic rings. The van der Waals surface area contributed by atoms with E-state index in [1.54, 1.807) is 0 Å².